The summed E-state index contributed by atoms with van der Waals surface area (Å²) >= 11 is 0. The summed E-state index contributed by atoms with van der Waals surface area (Å²) in [7, 11) is 0. The molecule has 5 nitrogen and oxygen atoms in total. The van der Waals surface area contributed by atoms with Gasteiger partial charge >= 0.3 is 0 Å². The maximum Gasteiger partial charge on any atom is 0.227 e. The first-order valence-electron chi connectivity index (χ1n) is 8.11. The normalized spacial score (nSPS) is 26.6. The quantitative estimate of drug-likeness (QED) is 0.864. The summed E-state index contributed by atoms with van der Waals surface area (Å²) in [5.74, 6) is 1.28. The molecule has 1 aliphatic heterocycles. The monoisotopic (exact) mass is 340 g/mol. The Morgan fingerprint density at radius 2 is 2.04 bits per heavy atom. The summed E-state index contributed by atoms with van der Waals surface area (Å²) in [4.78, 5) is 12.3. The molecule has 6 heteroatoms. The van der Waals surface area contributed by atoms with Gasteiger partial charge in [0.1, 0.15) is 11.9 Å². The predicted molar refractivity (Wildman–Crippen MR) is 92.1 cm³/mol. The maximum absolute atomic E-state index is 12.3. The number of carbonyl (C=O) groups excluding carboxylic acids is 1. The molecule has 3 atom stereocenters. The molecule has 0 radical (unpaired) electrons. The molecule has 0 aromatic heterocycles. The highest BCUT2D eigenvalue weighted by molar-refractivity contribution is 5.93. The summed E-state index contributed by atoms with van der Waals surface area (Å²) in [6.45, 7) is 2.01. The summed E-state index contributed by atoms with van der Waals surface area (Å²) < 4.78 is 11.1. The van der Waals surface area contributed by atoms with Crippen LogP contribution in [-0.4, -0.2) is 31.8 Å². The van der Waals surface area contributed by atoms with E-state index >= 15 is 0 Å². The highest BCUT2D eigenvalue weighted by Crippen LogP contribution is 2.32. The number of carbonyl (C=O) groups is 1. The first-order chi connectivity index (χ1) is 10.8. The Morgan fingerprint density at radius 1 is 1.26 bits per heavy atom. The minimum atomic E-state index is 0. The highest BCUT2D eigenvalue weighted by atomic mass is 35.5. The molecule has 1 saturated heterocycles. The van der Waals surface area contributed by atoms with E-state index in [-0.39, 0.29) is 30.3 Å². The van der Waals surface area contributed by atoms with E-state index in [4.69, 9.17) is 15.2 Å². The molecule has 3 rings (SSSR count). The van der Waals surface area contributed by atoms with E-state index in [2.05, 4.69) is 5.32 Å². The van der Waals surface area contributed by atoms with Crippen molar-refractivity contribution in [3.8, 4) is 5.75 Å². The zero-order valence-electron chi connectivity index (χ0n) is 13.2. The van der Waals surface area contributed by atoms with Crippen LogP contribution in [0.3, 0.4) is 0 Å². The molecule has 2 fully saturated rings. The lowest BCUT2D eigenvalue weighted by molar-refractivity contribution is -0.120. The smallest absolute Gasteiger partial charge is 0.227 e. The zero-order valence-corrected chi connectivity index (χ0v) is 14.0. The Hall–Kier alpha value is -1.30. The van der Waals surface area contributed by atoms with Gasteiger partial charge in [-0.15, -0.1) is 12.4 Å². The number of nitrogens with one attached hydrogen (secondary N) is 1. The van der Waals surface area contributed by atoms with Crippen molar-refractivity contribution in [2.24, 2.45) is 17.6 Å². The summed E-state index contributed by atoms with van der Waals surface area (Å²) in [5, 5.41) is 2.99. The second-order valence-electron chi connectivity index (χ2n) is 6.15. The number of halogens is 1. The lowest BCUT2D eigenvalue weighted by atomic mass is 9.95. The van der Waals surface area contributed by atoms with Crippen molar-refractivity contribution in [2.75, 3.05) is 25.1 Å². The molecule has 0 spiro atoms. The molecule has 3 N–H and O–H groups in total. The van der Waals surface area contributed by atoms with Gasteiger partial charge in [0.05, 0.1) is 13.2 Å². The third-order valence-corrected chi connectivity index (χ3v) is 4.61. The number of anilines is 1. The van der Waals surface area contributed by atoms with Gasteiger partial charge in [-0.2, -0.15) is 0 Å². The summed E-state index contributed by atoms with van der Waals surface area (Å²) in [5.41, 5.74) is 6.55. The second kappa shape index (κ2) is 8.52. The van der Waals surface area contributed by atoms with Crippen LogP contribution in [0.25, 0.3) is 0 Å². The van der Waals surface area contributed by atoms with Crippen LogP contribution >= 0.6 is 12.4 Å². The van der Waals surface area contributed by atoms with Gasteiger partial charge in [-0.1, -0.05) is 6.42 Å². The van der Waals surface area contributed by atoms with Crippen LogP contribution < -0.4 is 15.8 Å². The van der Waals surface area contributed by atoms with E-state index in [1.54, 1.807) is 0 Å². The predicted octanol–water partition coefficient (Wildman–Crippen LogP) is 2.59. The summed E-state index contributed by atoms with van der Waals surface area (Å²) in [6.07, 6.45) is 4.17. The molecular formula is C17H25ClN2O3. The van der Waals surface area contributed by atoms with Gasteiger partial charge in [-0.25, -0.2) is 0 Å². The Morgan fingerprint density at radius 3 is 2.70 bits per heavy atom. The van der Waals surface area contributed by atoms with E-state index in [0.29, 0.717) is 19.1 Å². The lowest BCUT2D eigenvalue weighted by Crippen LogP contribution is -2.29. The first-order valence-corrected chi connectivity index (χ1v) is 8.11. The number of nitrogens with two attached hydrogens (primary N) is 1. The molecule has 1 unspecified atom stereocenters. The molecule has 2 aliphatic rings. The second-order valence-corrected chi connectivity index (χ2v) is 6.15. The van der Waals surface area contributed by atoms with Gasteiger partial charge in [0.15, 0.2) is 0 Å². The van der Waals surface area contributed by atoms with Crippen LogP contribution in [0.1, 0.15) is 25.7 Å². The molecule has 1 aromatic carbocycles. The molecule has 128 valence electrons. The maximum atomic E-state index is 12.3. The van der Waals surface area contributed by atoms with Crippen LogP contribution in [0.5, 0.6) is 5.75 Å². The first kappa shape index (κ1) is 18.0. The minimum absolute atomic E-state index is 0. The molecule has 1 saturated carbocycles. The van der Waals surface area contributed by atoms with Crippen molar-refractivity contribution < 1.29 is 14.3 Å². The summed E-state index contributed by atoms with van der Waals surface area (Å²) in [6, 6.07) is 7.55. The number of rotatable bonds is 5. The lowest BCUT2D eigenvalue weighted by Gasteiger charge is -2.17. The van der Waals surface area contributed by atoms with Crippen LogP contribution in [0.15, 0.2) is 24.3 Å². The third-order valence-electron chi connectivity index (χ3n) is 4.61. The fourth-order valence-electron chi connectivity index (χ4n) is 3.31. The van der Waals surface area contributed by atoms with Crippen molar-refractivity contribution in [1.82, 2.24) is 0 Å². The van der Waals surface area contributed by atoms with Gasteiger partial charge < -0.3 is 20.5 Å². The van der Waals surface area contributed by atoms with E-state index in [1.165, 1.54) is 0 Å². The SMILES string of the molecule is Cl.NC[C@H]1CCC[C@H]1C(=O)Nc1ccc(OC2CCOC2)cc1. The van der Waals surface area contributed by atoms with Crippen LogP contribution in [0.2, 0.25) is 0 Å². The Bertz CT molecular complexity index is 503. The van der Waals surface area contributed by atoms with Gasteiger partial charge in [0, 0.05) is 18.0 Å². The van der Waals surface area contributed by atoms with Crippen molar-refractivity contribution in [3.05, 3.63) is 24.3 Å². The van der Waals surface area contributed by atoms with Gasteiger partial charge in [-0.05, 0) is 49.6 Å². The van der Waals surface area contributed by atoms with Gasteiger partial charge in [0.2, 0.25) is 5.91 Å². The van der Waals surface area contributed by atoms with E-state index in [9.17, 15) is 4.79 Å². The molecule has 0 bridgehead atoms. The minimum Gasteiger partial charge on any atom is -0.488 e. The van der Waals surface area contributed by atoms with Crippen LogP contribution in [0.4, 0.5) is 5.69 Å². The van der Waals surface area contributed by atoms with Crippen LogP contribution in [-0.2, 0) is 9.53 Å². The fraction of sp³-hybridized carbons (Fsp3) is 0.588. The number of benzene rings is 1. The Kier molecular flexibility index (Phi) is 6.69. The average Bonchev–Trinajstić information content (AvgIpc) is 3.20. The molecule has 1 aromatic rings. The fourth-order valence-corrected chi connectivity index (χ4v) is 3.31. The number of ether oxygens (including phenoxy) is 2. The van der Waals surface area contributed by atoms with Gasteiger partial charge in [0.25, 0.3) is 0 Å². The van der Waals surface area contributed by atoms with Gasteiger partial charge in [-0.3, -0.25) is 4.79 Å². The Balaban J connectivity index is 0.00000192. The topological polar surface area (TPSA) is 73.6 Å². The van der Waals surface area contributed by atoms with Crippen LogP contribution in [0, 0.1) is 11.8 Å². The molecule has 1 heterocycles. The van der Waals surface area contributed by atoms with E-state index < -0.39 is 0 Å². The zero-order chi connectivity index (χ0) is 15.4. The van der Waals surface area contributed by atoms with Crippen molar-refractivity contribution in [2.45, 2.75) is 31.8 Å². The average molecular weight is 341 g/mol. The molecular weight excluding hydrogens is 316 g/mol. The van der Waals surface area contributed by atoms with Crippen molar-refractivity contribution in [1.29, 1.82) is 0 Å². The number of hydrogen-bond donors (Lipinski definition) is 2. The molecule has 1 aliphatic carbocycles. The largest absolute Gasteiger partial charge is 0.488 e. The highest BCUT2D eigenvalue weighted by Gasteiger charge is 2.31. The van der Waals surface area contributed by atoms with Crippen molar-refractivity contribution in [3.63, 3.8) is 0 Å². The number of amides is 1. The Labute approximate surface area is 143 Å². The van der Waals surface area contributed by atoms with E-state index in [1.807, 2.05) is 24.3 Å². The van der Waals surface area contributed by atoms with Crippen molar-refractivity contribution >= 4 is 24.0 Å². The standard InChI is InChI=1S/C17H24N2O3.ClH/c18-10-12-2-1-3-16(12)17(20)19-13-4-6-14(7-5-13)22-15-8-9-21-11-15;/h4-7,12,15-16H,1-3,8-11,18H2,(H,19,20);1H/t12-,15?,16-;/m1./s1. The molecule has 23 heavy (non-hydrogen) atoms. The molecule has 1 amide bonds. The third kappa shape index (κ3) is 4.59. The number of hydrogen-bond acceptors (Lipinski definition) is 4. The van der Waals surface area contributed by atoms with E-state index in [0.717, 1.165) is 43.7 Å².